The van der Waals surface area contributed by atoms with Crippen molar-refractivity contribution in [3.8, 4) is 28.7 Å². The lowest BCUT2D eigenvalue weighted by Gasteiger charge is -2.43. The van der Waals surface area contributed by atoms with Gasteiger partial charge in [-0.3, -0.25) is 4.79 Å². The Kier molecular flexibility index (Phi) is 3.14. The lowest BCUT2D eigenvalue weighted by Crippen LogP contribution is -2.57. The van der Waals surface area contributed by atoms with Gasteiger partial charge in [-0.2, -0.15) is 0 Å². The van der Waals surface area contributed by atoms with E-state index in [1.807, 2.05) is 0 Å². The number of benzene rings is 2. The molecule has 0 radical (unpaired) electrons. The zero-order valence-corrected chi connectivity index (χ0v) is 13.6. The molecule has 7 nitrogen and oxygen atoms in total. The van der Waals surface area contributed by atoms with Crippen LogP contribution in [0.25, 0.3) is 0 Å². The molecule has 0 saturated heterocycles. The Morgan fingerprint density at radius 1 is 1.32 bits per heavy atom. The maximum Gasteiger partial charge on any atom is 0.210 e. The van der Waals surface area contributed by atoms with Crippen molar-refractivity contribution in [2.75, 3.05) is 13.7 Å². The second kappa shape index (κ2) is 5.03. The van der Waals surface area contributed by atoms with Gasteiger partial charge in [-0.25, -0.2) is 0 Å². The van der Waals surface area contributed by atoms with E-state index in [-0.39, 0.29) is 40.7 Å². The summed E-state index contributed by atoms with van der Waals surface area (Å²) >= 11 is 0. The highest BCUT2D eigenvalue weighted by Crippen LogP contribution is 2.51. The van der Waals surface area contributed by atoms with Crippen LogP contribution in [0.4, 0.5) is 0 Å². The van der Waals surface area contributed by atoms with Crippen molar-refractivity contribution < 1.29 is 34.3 Å². The fourth-order valence-corrected chi connectivity index (χ4v) is 3.41. The molecular formula is C18H16O7. The third kappa shape index (κ3) is 1.87. The highest BCUT2D eigenvalue weighted by molar-refractivity contribution is 6.09. The largest absolute Gasteiger partial charge is 0.507 e. The predicted molar refractivity (Wildman–Crippen MR) is 85.6 cm³/mol. The number of ketones is 1. The number of carbonyl (C=O) groups excluding carboxylic acids is 1. The molecule has 0 aliphatic carbocycles. The van der Waals surface area contributed by atoms with Gasteiger partial charge in [0.25, 0.3) is 0 Å². The molecule has 2 atom stereocenters. The first-order valence-electron chi connectivity index (χ1n) is 7.69. The number of carbonyl (C=O) groups is 1. The molecule has 0 bridgehead atoms. The summed E-state index contributed by atoms with van der Waals surface area (Å²) in [6.07, 6.45) is -1.02. The van der Waals surface area contributed by atoms with Crippen LogP contribution in [0.3, 0.4) is 0 Å². The van der Waals surface area contributed by atoms with Gasteiger partial charge in [0.2, 0.25) is 5.78 Å². The van der Waals surface area contributed by atoms with Crippen molar-refractivity contribution in [1.82, 2.24) is 0 Å². The molecule has 25 heavy (non-hydrogen) atoms. The molecule has 0 fully saturated rings. The number of para-hydroxylation sites is 1. The molecule has 0 amide bonds. The fourth-order valence-electron chi connectivity index (χ4n) is 3.41. The van der Waals surface area contributed by atoms with Crippen LogP contribution in [0, 0.1) is 6.92 Å². The van der Waals surface area contributed by atoms with E-state index in [1.165, 1.54) is 31.4 Å². The van der Waals surface area contributed by atoms with Crippen LogP contribution in [0.2, 0.25) is 0 Å². The standard InChI is InChI=1S/C18H16O7/c1-8-11(23-2)6-12-14(15(8)20)17(21)18(22)9-4-3-5-10(19)16(9)24-7-13(18)25-12/h3-6,13,19-20,22H,7H2,1-2H3/t13-,18-/m1/s1. The molecular weight excluding hydrogens is 328 g/mol. The second-order valence-electron chi connectivity index (χ2n) is 6.09. The van der Waals surface area contributed by atoms with Gasteiger partial charge in [0.1, 0.15) is 29.4 Å². The fraction of sp³-hybridized carbons (Fsp3) is 0.278. The number of hydrogen-bond donors (Lipinski definition) is 3. The number of aromatic hydroxyl groups is 2. The Hall–Kier alpha value is -2.93. The molecule has 3 N–H and O–H groups in total. The number of methoxy groups -OCH3 is 1. The Morgan fingerprint density at radius 3 is 2.80 bits per heavy atom. The number of hydrogen-bond acceptors (Lipinski definition) is 7. The third-order valence-corrected chi connectivity index (χ3v) is 4.78. The number of phenolic OH excluding ortho intramolecular Hbond substituents is 2. The quantitative estimate of drug-likeness (QED) is 0.722. The zero-order valence-electron chi connectivity index (χ0n) is 13.6. The van der Waals surface area contributed by atoms with E-state index < -0.39 is 17.5 Å². The van der Waals surface area contributed by atoms with Gasteiger partial charge in [0, 0.05) is 17.2 Å². The molecule has 2 aliphatic heterocycles. The van der Waals surface area contributed by atoms with Gasteiger partial charge in [-0.1, -0.05) is 12.1 Å². The van der Waals surface area contributed by atoms with Crippen LogP contribution < -0.4 is 14.2 Å². The van der Waals surface area contributed by atoms with E-state index in [4.69, 9.17) is 14.2 Å². The minimum atomic E-state index is -2.07. The SMILES string of the molecule is COc1cc2c(c(O)c1C)C(=O)[C@@]1(O)c3cccc(O)c3OC[C@H]1O2. The monoisotopic (exact) mass is 344 g/mol. The number of Topliss-reactive ketones (excluding diaryl/α,β-unsaturated/α-hetero) is 1. The number of aliphatic hydroxyl groups is 1. The van der Waals surface area contributed by atoms with E-state index in [9.17, 15) is 20.1 Å². The van der Waals surface area contributed by atoms with E-state index in [0.717, 1.165) is 0 Å². The summed E-state index contributed by atoms with van der Waals surface area (Å²) in [5.74, 6) is -0.683. The molecule has 2 aromatic carbocycles. The first-order valence-corrected chi connectivity index (χ1v) is 7.69. The summed E-state index contributed by atoms with van der Waals surface area (Å²) < 4.78 is 16.4. The van der Waals surface area contributed by atoms with E-state index in [2.05, 4.69) is 0 Å². The molecule has 130 valence electrons. The van der Waals surface area contributed by atoms with Crippen LogP contribution in [0.15, 0.2) is 24.3 Å². The summed E-state index contributed by atoms with van der Waals surface area (Å²) in [6, 6.07) is 5.89. The van der Waals surface area contributed by atoms with Gasteiger partial charge in [0.05, 0.1) is 7.11 Å². The average molecular weight is 344 g/mol. The van der Waals surface area contributed by atoms with Gasteiger partial charge >= 0.3 is 0 Å². The van der Waals surface area contributed by atoms with E-state index in [1.54, 1.807) is 6.92 Å². The Balaban J connectivity index is 1.96. The Labute approximate surface area is 143 Å². The Bertz CT molecular complexity index is 905. The first kappa shape index (κ1) is 15.6. The molecule has 0 aromatic heterocycles. The maximum atomic E-state index is 13.2. The second-order valence-corrected chi connectivity index (χ2v) is 6.09. The lowest BCUT2D eigenvalue weighted by molar-refractivity contribution is -0.0806. The summed E-state index contributed by atoms with van der Waals surface area (Å²) in [4.78, 5) is 13.2. The molecule has 7 heteroatoms. The molecule has 2 aromatic rings. The molecule has 2 heterocycles. The van der Waals surface area contributed by atoms with Crippen molar-refractivity contribution in [3.63, 3.8) is 0 Å². The highest BCUT2D eigenvalue weighted by Gasteiger charge is 2.57. The van der Waals surface area contributed by atoms with Gasteiger partial charge in [0.15, 0.2) is 23.2 Å². The number of phenols is 2. The predicted octanol–water partition coefficient (Wildman–Crippen LogP) is 1.64. The minimum absolute atomic E-state index is 0.0337. The van der Waals surface area contributed by atoms with Crippen LogP contribution in [-0.4, -0.2) is 40.9 Å². The third-order valence-electron chi connectivity index (χ3n) is 4.78. The smallest absolute Gasteiger partial charge is 0.210 e. The Morgan fingerprint density at radius 2 is 2.08 bits per heavy atom. The first-order chi connectivity index (χ1) is 11.9. The molecule has 4 rings (SSSR count). The average Bonchev–Trinajstić information content (AvgIpc) is 2.60. The lowest BCUT2D eigenvalue weighted by atomic mass is 9.77. The van der Waals surface area contributed by atoms with Crippen molar-refractivity contribution in [1.29, 1.82) is 0 Å². The van der Waals surface area contributed by atoms with Crippen LogP contribution in [0.1, 0.15) is 21.5 Å². The molecule has 0 unspecified atom stereocenters. The van der Waals surface area contributed by atoms with Crippen molar-refractivity contribution in [2.24, 2.45) is 0 Å². The number of ether oxygens (including phenoxy) is 3. The van der Waals surface area contributed by atoms with E-state index >= 15 is 0 Å². The van der Waals surface area contributed by atoms with Crippen LogP contribution >= 0.6 is 0 Å². The number of rotatable bonds is 1. The van der Waals surface area contributed by atoms with Gasteiger partial charge in [-0.05, 0) is 13.0 Å². The van der Waals surface area contributed by atoms with Crippen molar-refractivity contribution in [2.45, 2.75) is 18.6 Å². The zero-order chi connectivity index (χ0) is 17.9. The molecule has 0 saturated carbocycles. The molecule has 2 aliphatic rings. The summed E-state index contributed by atoms with van der Waals surface area (Å²) in [6.45, 7) is 1.46. The van der Waals surface area contributed by atoms with Crippen LogP contribution in [-0.2, 0) is 5.60 Å². The van der Waals surface area contributed by atoms with Crippen LogP contribution in [0.5, 0.6) is 28.7 Å². The van der Waals surface area contributed by atoms with E-state index in [0.29, 0.717) is 11.3 Å². The normalized spacial score (nSPS) is 23.6. The molecule has 0 spiro atoms. The maximum absolute atomic E-state index is 13.2. The topological polar surface area (TPSA) is 105 Å². The summed E-state index contributed by atoms with van der Waals surface area (Å²) in [5.41, 5.74) is -1.72. The number of fused-ring (bicyclic) bond motifs is 4. The highest BCUT2D eigenvalue weighted by atomic mass is 16.6. The van der Waals surface area contributed by atoms with Crippen molar-refractivity contribution in [3.05, 3.63) is 41.0 Å². The summed E-state index contributed by atoms with van der Waals surface area (Å²) in [7, 11) is 1.44. The summed E-state index contributed by atoms with van der Waals surface area (Å²) in [5, 5.41) is 31.6. The minimum Gasteiger partial charge on any atom is -0.507 e. The van der Waals surface area contributed by atoms with Gasteiger partial charge in [-0.15, -0.1) is 0 Å². The van der Waals surface area contributed by atoms with Gasteiger partial charge < -0.3 is 29.5 Å². The van der Waals surface area contributed by atoms with Crippen molar-refractivity contribution >= 4 is 5.78 Å².